The highest BCUT2D eigenvalue weighted by atomic mass is 16.7. The van der Waals surface area contributed by atoms with Gasteiger partial charge in [-0.3, -0.25) is 0 Å². The molecule has 9 aromatic carbocycles. The molecule has 2 heterocycles. The van der Waals surface area contributed by atoms with Crippen molar-refractivity contribution in [2.45, 2.75) is 124 Å². The highest BCUT2D eigenvalue weighted by Crippen LogP contribution is 2.41. The van der Waals surface area contributed by atoms with E-state index in [1.807, 2.05) is 0 Å². The lowest BCUT2D eigenvalue weighted by molar-refractivity contribution is -0.295. The van der Waals surface area contributed by atoms with Crippen LogP contribution in [0.2, 0.25) is 0 Å². The van der Waals surface area contributed by atoms with Crippen LogP contribution in [0.25, 0.3) is 0 Å². The topological polar surface area (TPSA) is 312 Å². The summed E-state index contributed by atoms with van der Waals surface area (Å²) in [6.45, 7) is 7.11. The third-order valence-corrected chi connectivity index (χ3v) is 19.2. The van der Waals surface area contributed by atoms with Crippen molar-refractivity contribution in [3.05, 3.63) is 336 Å². The van der Waals surface area contributed by atoms with Crippen molar-refractivity contribution in [3.63, 3.8) is 0 Å². The first-order chi connectivity index (χ1) is 56.1. The zero-order valence-electron chi connectivity index (χ0n) is 64.1. The number of carbonyl (C=O) groups excluding carboxylic acids is 9. The second-order valence-electron chi connectivity index (χ2n) is 28.0. The molecular formula is C91H88O25. The van der Waals surface area contributed by atoms with Crippen molar-refractivity contribution in [1.82, 2.24) is 0 Å². The first-order valence-electron chi connectivity index (χ1n) is 37.4. The van der Waals surface area contributed by atoms with Crippen molar-refractivity contribution in [1.29, 1.82) is 0 Å². The van der Waals surface area contributed by atoms with Gasteiger partial charge < -0.3 is 76.2 Å². The van der Waals surface area contributed by atoms with Crippen molar-refractivity contribution in [2.24, 2.45) is 0 Å². The number of ether oxygens (including phenoxy) is 15. The summed E-state index contributed by atoms with van der Waals surface area (Å²) in [4.78, 5) is 132. The molecule has 602 valence electrons. The van der Waals surface area contributed by atoms with Crippen LogP contribution in [-0.4, -0.2) is 196 Å². The van der Waals surface area contributed by atoms with Gasteiger partial charge in [0.1, 0.15) is 43.2 Å². The minimum atomic E-state index is -1.95. The first-order valence-corrected chi connectivity index (χ1v) is 37.4. The van der Waals surface area contributed by atoms with Crippen LogP contribution in [0.4, 0.5) is 0 Å². The van der Waals surface area contributed by atoms with E-state index in [0.717, 1.165) is 0 Å². The van der Waals surface area contributed by atoms with E-state index in [4.69, 9.17) is 71.1 Å². The van der Waals surface area contributed by atoms with Gasteiger partial charge in [-0.05, 0) is 137 Å². The lowest BCUT2D eigenvalue weighted by atomic mass is 9.85. The van der Waals surface area contributed by atoms with Gasteiger partial charge in [0, 0.05) is 7.11 Å². The molecule has 0 saturated carbocycles. The smallest absolute Gasteiger partial charge is 0.338 e. The van der Waals surface area contributed by atoms with Gasteiger partial charge in [-0.25, -0.2) is 43.2 Å². The summed E-state index contributed by atoms with van der Waals surface area (Å²) >= 11 is 0. The van der Waals surface area contributed by atoms with Gasteiger partial charge in [0.05, 0.1) is 87.7 Å². The molecule has 0 bridgehead atoms. The Morgan fingerprint density at radius 1 is 0.353 bits per heavy atom. The number of methoxy groups -OCH3 is 1. The highest BCUT2D eigenvalue weighted by Gasteiger charge is 2.61. The second-order valence-corrected chi connectivity index (χ2v) is 28.0. The van der Waals surface area contributed by atoms with E-state index in [-0.39, 0.29) is 56.7 Å². The summed E-state index contributed by atoms with van der Waals surface area (Å²) in [6.07, 6.45) is -23.3. The van der Waals surface area contributed by atoms with E-state index in [9.17, 15) is 33.9 Å². The van der Waals surface area contributed by atoms with E-state index >= 15 is 14.4 Å². The standard InChI is InChI=1S/C91H88O25/c1-7-53-103-54-67(109-82(94)59-37-19-9-20-38-59)71(92)72(110-83(95)60-39-21-10-22-40-60)68(102-6)56-105-90(2,3)80-78(116-89(101)66-51-33-16-34-52-66)76(114-87(99)64-47-29-14-30-48-64)74(112-85(97)62-43-25-12-26-44-62)70(108-80)57-106-91(4,5)79-77(115-88(100)65-49-31-15-32-50-65)75(113-86(98)63-45-27-13-28-46-63)73(111-84(96)61-41-23-11-24-42-61)69(107-79)55-104-81(93)58-35-17-8-18-36-58/h7-52,67-80,92H,1,53-57H2,2-6H3/t67-,68+,69+,70+,71+,72+,73+,74+,75-,76-,77+,78+,79+,80+/m0/s1. The average Bonchev–Trinajstić information content (AvgIpc) is 0.756. The van der Waals surface area contributed by atoms with Gasteiger partial charge in [0.25, 0.3) is 0 Å². The Balaban J connectivity index is 1.03. The normalized spacial score (nSPS) is 20.3. The fourth-order valence-corrected chi connectivity index (χ4v) is 13.1. The summed E-state index contributed by atoms with van der Waals surface area (Å²) in [5, 5.41) is 12.7. The Labute approximate surface area is 670 Å². The van der Waals surface area contributed by atoms with Gasteiger partial charge in [-0.15, -0.1) is 6.58 Å². The number of aliphatic hydroxyl groups excluding tert-OH is 1. The van der Waals surface area contributed by atoms with E-state index in [2.05, 4.69) is 6.58 Å². The molecule has 116 heavy (non-hydrogen) atoms. The molecule has 0 amide bonds. The zero-order valence-corrected chi connectivity index (χ0v) is 64.1. The summed E-state index contributed by atoms with van der Waals surface area (Å²) < 4.78 is 97.5. The van der Waals surface area contributed by atoms with Crippen molar-refractivity contribution < 1.29 is 119 Å². The Bertz CT molecular complexity index is 4720. The number of carbonyl (C=O) groups is 9. The van der Waals surface area contributed by atoms with Crippen LogP contribution in [0.3, 0.4) is 0 Å². The molecule has 0 aliphatic carbocycles. The third kappa shape index (κ3) is 22.2. The fraction of sp³-hybridized carbons (Fsp3) is 0.286. The Morgan fingerprint density at radius 2 is 0.629 bits per heavy atom. The Morgan fingerprint density at radius 3 is 0.948 bits per heavy atom. The average molecular weight is 1580 g/mol. The summed E-state index contributed by atoms with van der Waals surface area (Å²) in [5.74, 6) is -8.57. The van der Waals surface area contributed by atoms with Crippen LogP contribution in [0.15, 0.2) is 286 Å². The third-order valence-electron chi connectivity index (χ3n) is 19.2. The van der Waals surface area contributed by atoms with E-state index in [0.29, 0.717) is 0 Å². The molecule has 0 aromatic heterocycles. The van der Waals surface area contributed by atoms with Gasteiger partial charge in [-0.2, -0.15) is 0 Å². The zero-order chi connectivity index (χ0) is 82.1. The highest BCUT2D eigenvalue weighted by molar-refractivity contribution is 5.94. The molecule has 0 unspecified atom stereocenters. The van der Waals surface area contributed by atoms with Crippen LogP contribution in [0.1, 0.15) is 121 Å². The number of benzene rings is 9. The quantitative estimate of drug-likeness (QED) is 0.0167. The minimum Gasteiger partial charge on any atom is -0.459 e. The summed E-state index contributed by atoms with van der Waals surface area (Å²) in [5.41, 5.74) is -3.51. The van der Waals surface area contributed by atoms with Crippen LogP contribution in [-0.2, 0) is 71.1 Å². The molecule has 11 rings (SSSR count). The van der Waals surface area contributed by atoms with Gasteiger partial charge >= 0.3 is 53.7 Å². The second kappa shape index (κ2) is 40.6. The first kappa shape index (κ1) is 84.6. The molecule has 0 radical (unpaired) electrons. The van der Waals surface area contributed by atoms with E-state index < -0.39 is 177 Å². The molecule has 2 aliphatic rings. The largest absolute Gasteiger partial charge is 0.459 e. The maximum absolute atomic E-state index is 15.1. The Kier molecular flexibility index (Phi) is 29.6. The number of hydrogen-bond acceptors (Lipinski definition) is 25. The fourth-order valence-electron chi connectivity index (χ4n) is 13.1. The van der Waals surface area contributed by atoms with E-state index in [1.54, 1.807) is 164 Å². The Hall–Kier alpha value is -12.3. The van der Waals surface area contributed by atoms with E-state index in [1.165, 1.54) is 150 Å². The molecule has 2 fully saturated rings. The SMILES string of the molecule is C=CCOC[C@H](OC(=O)c1ccccc1)[C@@H](O)[C@H](OC(=O)c1ccccc1)[C@@H](COC(C)(C)[C@@H]1O[C@H](COC(C)(C)[C@@H]2O[C@H](COC(=O)c3ccccc3)[C@@H](OC(=O)c3ccccc3)[C@H](OC(=O)c3ccccc3)[C@H]2OC(=O)c2ccccc2)[C@@H](OC(=O)c2ccccc2)[C@H](OC(=O)c2ccccc2)[C@H]1OC(=O)c1ccccc1)OC. The molecule has 2 aliphatic heterocycles. The van der Waals surface area contributed by atoms with Crippen LogP contribution >= 0.6 is 0 Å². The lowest BCUT2D eigenvalue weighted by Crippen LogP contribution is -2.69. The predicted octanol–water partition coefficient (Wildman–Crippen LogP) is 12.4. The monoisotopic (exact) mass is 1580 g/mol. The lowest BCUT2D eigenvalue weighted by Gasteiger charge is -2.51. The molecule has 0 spiro atoms. The predicted molar refractivity (Wildman–Crippen MR) is 417 cm³/mol. The van der Waals surface area contributed by atoms with Crippen LogP contribution in [0.5, 0.6) is 0 Å². The van der Waals surface area contributed by atoms with Crippen LogP contribution < -0.4 is 0 Å². The summed E-state index contributed by atoms with van der Waals surface area (Å²) in [6, 6.07) is 70.3. The number of hydrogen-bond donors (Lipinski definition) is 1. The van der Waals surface area contributed by atoms with Gasteiger partial charge in [0.15, 0.2) is 48.8 Å². The number of esters is 9. The molecule has 2 saturated heterocycles. The van der Waals surface area contributed by atoms with Crippen molar-refractivity contribution >= 4 is 53.7 Å². The molecule has 9 aromatic rings. The van der Waals surface area contributed by atoms with Gasteiger partial charge in [0.2, 0.25) is 0 Å². The molecule has 14 atom stereocenters. The molecule has 1 N–H and O–H groups in total. The molecule has 25 nitrogen and oxygen atoms in total. The number of rotatable bonds is 35. The minimum absolute atomic E-state index is 0.000186. The number of aliphatic hydroxyl groups is 1. The van der Waals surface area contributed by atoms with Crippen LogP contribution in [0, 0.1) is 0 Å². The maximum atomic E-state index is 15.1. The van der Waals surface area contributed by atoms with Crippen molar-refractivity contribution in [3.8, 4) is 0 Å². The van der Waals surface area contributed by atoms with Gasteiger partial charge in [-0.1, -0.05) is 170 Å². The molecule has 25 heteroatoms. The van der Waals surface area contributed by atoms with Crippen molar-refractivity contribution in [2.75, 3.05) is 40.1 Å². The summed E-state index contributed by atoms with van der Waals surface area (Å²) in [7, 11) is 1.24. The maximum Gasteiger partial charge on any atom is 0.338 e. The molecular weight excluding hydrogens is 1490 g/mol.